The lowest BCUT2D eigenvalue weighted by molar-refractivity contribution is -0.118. The van der Waals surface area contributed by atoms with Crippen LogP contribution in [0.4, 0.5) is 17.1 Å². The van der Waals surface area contributed by atoms with Crippen molar-refractivity contribution in [2.45, 2.75) is 0 Å². The molecule has 1 saturated heterocycles. The average Bonchev–Trinajstić information content (AvgIpc) is 2.88. The Balaban J connectivity index is 1.35. The number of ether oxygens (including phenoxy) is 3. The normalized spacial score (nSPS) is 13.7. The van der Waals surface area contributed by atoms with Crippen molar-refractivity contribution in [3.05, 3.63) is 78.4 Å². The maximum Gasteiger partial charge on any atom is 0.262 e. The van der Waals surface area contributed by atoms with E-state index in [4.69, 9.17) is 14.2 Å². The summed E-state index contributed by atoms with van der Waals surface area (Å²) in [6, 6.07) is 22.9. The van der Waals surface area contributed by atoms with Crippen molar-refractivity contribution in [3.63, 3.8) is 0 Å². The van der Waals surface area contributed by atoms with E-state index in [0.717, 1.165) is 43.2 Å². The molecular weight excluding hydrogens is 418 g/mol. The second kappa shape index (κ2) is 11.2. The molecule has 3 aromatic carbocycles. The first kappa shape index (κ1) is 22.4. The monoisotopic (exact) mass is 445 g/mol. The van der Waals surface area contributed by atoms with Gasteiger partial charge >= 0.3 is 0 Å². The summed E-state index contributed by atoms with van der Waals surface area (Å²) >= 11 is 0. The Kier molecular flexibility index (Phi) is 7.56. The molecule has 0 spiro atoms. The van der Waals surface area contributed by atoms with Gasteiger partial charge in [-0.2, -0.15) is 0 Å². The van der Waals surface area contributed by atoms with Crippen molar-refractivity contribution in [3.8, 4) is 11.5 Å². The number of methoxy groups -OCH3 is 1. The smallest absolute Gasteiger partial charge is 0.262 e. The van der Waals surface area contributed by atoms with Gasteiger partial charge in [-0.05, 0) is 60.2 Å². The van der Waals surface area contributed by atoms with Crippen molar-refractivity contribution in [1.29, 1.82) is 0 Å². The highest BCUT2D eigenvalue weighted by Crippen LogP contribution is 2.28. The van der Waals surface area contributed by atoms with Crippen LogP contribution in [0, 0.1) is 0 Å². The van der Waals surface area contributed by atoms with E-state index < -0.39 is 0 Å². The van der Waals surface area contributed by atoms with Gasteiger partial charge < -0.3 is 24.4 Å². The first-order valence-corrected chi connectivity index (χ1v) is 10.8. The zero-order valence-corrected chi connectivity index (χ0v) is 18.6. The fourth-order valence-corrected chi connectivity index (χ4v) is 3.47. The van der Waals surface area contributed by atoms with E-state index in [1.165, 1.54) is 5.69 Å². The number of amides is 1. The number of nitrogens with zero attached hydrogens (tertiary/aromatic N) is 2. The molecule has 33 heavy (non-hydrogen) atoms. The molecule has 170 valence electrons. The molecular formula is C26H27N3O4. The predicted molar refractivity (Wildman–Crippen MR) is 130 cm³/mol. The van der Waals surface area contributed by atoms with Gasteiger partial charge in [0.25, 0.3) is 5.91 Å². The van der Waals surface area contributed by atoms with Gasteiger partial charge in [0.15, 0.2) is 18.1 Å². The Bertz CT molecular complexity index is 1080. The van der Waals surface area contributed by atoms with Gasteiger partial charge in [-0.25, -0.2) is 0 Å². The second-order valence-corrected chi connectivity index (χ2v) is 7.49. The maximum absolute atomic E-state index is 12.1. The van der Waals surface area contributed by atoms with Crippen molar-refractivity contribution in [2.24, 2.45) is 4.99 Å². The maximum atomic E-state index is 12.1. The van der Waals surface area contributed by atoms with Crippen molar-refractivity contribution in [1.82, 2.24) is 0 Å². The summed E-state index contributed by atoms with van der Waals surface area (Å²) in [7, 11) is 1.57. The van der Waals surface area contributed by atoms with E-state index in [1.807, 2.05) is 54.6 Å². The molecule has 0 saturated carbocycles. The highest BCUT2D eigenvalue weighted by Gasteiger charge is 2.11. The number of anilines is 2. The SMILES string of the molecule is COc1cc(C=Nc2ccc(N3CCOCC3)cc2)ccc1OCC(=O)Nc1ccccc1. The minimum atomic E-state index is -0.241. The van der Waals surface area contributed by atoms with E-state index in [1.54, 1.807) is 19.4 Å². The van der Waals surface area contributed by atoms with Crippen LogP contribution in [-0.2, 0) is 9.53 Å². The minimum absolute atomic E-state index is 0.117. The van der Waals surface area contributed by atoms with Crippen LogP contribution in [0.2, 0.25) is 0 Å². The van der Waals surface area contributed by atoms with Crippen LogP contribution in [0.25, 0.3) is 0 Å². The van der Waals surface area contributed by atoms with Crippen LogP contribution in [0.5, 0.6) is 11.5 Å². The Morgan fingerprint density at radius 3 is 2.52 bits per heavy atom. The molecule has 1 aliphatic heterocycles. The van der Waals surface area contributed by atoms with Gasteiger partial charge in [-0.15, -0.1) is 0 Å². The highest BCUT2D eigenvalue weighted by atomic mass is 16.5. The van der Waals surface area contributed by atoms with Crippen molar-refractivity contribution in [2.75, 3.05) is 50.2 Å². The lowest BCUT2D eigenvalue weighted by atomic mass is 10.2. The Morgan fingerprint density at radius 2 is 1.79 bits per heavy atom. The third-order valence-corrected chi connectivity index (χ3v) is 5.19. The summed E-state index contributed by atoms with van der Waals surface area (Å²) in [5.41, 5.74) is 3.63. The molecule has 7 heteroatoms. The minimum Gasteiger partial charge on any atom is -0.493 e. The molecule has 0 aromatic heterocycles. The highest BCUT2D eigenvalue weighted by molar-refractivity contribution is 5.92. The molecule has 3 aromatic rings. The van der Waals surface area contributed by atoms with E-state index in [-0.39, 0.29) is 12.5 Å². The topological polar surface area (TPSA) is 72.4 Å². The average molecular weight is 446 g/mol. The van der Waals surface area contributed by atoms with E-state index in [2.05, 4.69) is 27.3 Å². The van der Waals surface area contributed by atoms with Gasteiger partial charge in [0.1, 0.15) is 0 Å². The molecule has 0 bridgehead atoms. The molecule has 0 unspecified atom stereocenters. The fraction of sp³-hybridized carbons (Fsp3) is 0.231. The molecule has 1 amide bonds. The molecule has 1 aliphatic rings. The molecule has 7 nitrogen and oxygen atoms in total. The van der Waals surface area contributed by atoms with E-state index in [0.29, 0.717) is 11.5 Å². The fourth-order valence-electron chi connectivity index (χ4n) is 3.47. The molecule has 0 radical (unpaired) electrons. The zero-order chi connectivity index (χ0) is 22.9. The van der Waals surface area contributed by atoms with Crippen LogP contribution >= 0.6 is 0 Å². The second-order valence-electron chi connectivity index (χ2n) is 7.49. The lowest BCUT2D eigenvalue weighted by Gasteiger charge is -2.28. The third-order valence-electron chi connectivity index (χ3n) is 5.19. The number of aliphatic imine (C=N–C) groups is 1. The number of hydrogen-bond donors (Lipinski definition) is 1. The van der Waals surface area contributed by atoms with Gasteiger partial charge in [0, 0.05) is 30.7 Å². The standard InChI is InChI=1S/C26H27N3O4/c1-31-25-17-20(7-12-24(25)33-19-26(30)28-22-5-3-2-4-6-22)18-27-21-8-10-23(11-9-21)29-13-15-32-16-14-29/h2-12,17-18H,13-16,19H2,1H3,(H,28,30). The molecule has 1 heterocycles. The molecule has 4 rings (SSSR count). The van der Waals surface area contributed by atoms with Gasteiger partial charge in [0.2, 0.25) is 0 Å². The quantitative estimate of drug-likeness (QED) is 0.524. The Labute approximate surface area is 193 Å². The summed E-state index contributed by atoms with van der Waals surface area (Å²) in [4.78, 5) is 19.0. The van der Waals surface area contributed by atoms with Crippen molar-refractivity contribution >= 4 is 29.2 Å². The molecule has 1 fully saturated rings. The molecule has 0 atom stereocenters. The molecule has 0 aliphatic carbocycles. The van der Waals surface area contributed by atoms with Gasteiger partial charge in [-0.3, -0.25) is 9.79 Å². The summed E-state index contributed by atoms with van der Waals surface area (Å²) in [5, 5.41) is 2.79. The largest absolute Gasteiger partial charge is 0.493 e. The van der Waals surface area contributed by atoms with Gasteiger partial charge in [0.05, 0.1) is 26.0 Å². The first-order valence-electron chi connectivity index (χ1n) is 10.8. The number of rotatable bonds is 8. The van der Waals surface area contributed by atoms with Crippen LogP contribution in [0.3, 0.4) is 0 Å². The first-order chi connectivity index (χ1) is 16.2. The van der Waals surface area contributed by atoms with E-state index in [9.17, 15) is 4.79 Å². The van der Waals surface area contributed by atoms with Gasteiger partial charge in [-0.1, -0.05) is 18.2 Å². The number of morpholine rings is 1. The van der Waals surface area contributed by atoms with Crippen LogP contribution in [-0.4, -0.2) is 52.1 Å². The Morgan fingerprint density at radius 1 is 1.03 bits per heavy atom. The van der Waals surface area contributed by atoms with Crippen LogP contribution in [0.1, 0.15) is 5.56 Å². The number of benzene rings is 3. The summed E-state index contributed by atoms with van der Waals surface area (Å²) in [6.45, 7) is 3.22. The summed E-state index contributed by atoms with van der Waals surface area (Å²) in [5.74, 6) is 0.788. The number of para-hydroxylation sites is 1. The van der Waals surface area contributed by atoms with Crippen molar-refractivity contribution < 1.29 is 19.0 Å². The van der Waals surface area contributed by atoms with Crippen LogP contribution < -0.4 is 19.7 Å². The number of carbonyl (C=O) groups is 1. The number of nitrogens with one attached hydrogen (secondary N) is 1. The van der Waals surface area contributed by atoms with E-state index >= 15 is 0 Å². The number of carbonyl (C=O) groups excluding carboxylic acids is 1. The zero-order valence-electron chi connectivity index (χ0n) is 18.6. The molecule has 1 N–H and O–H groups in total. The summed E-state index contributed by atoms with van der Waals surface area (Å²) < 4.78 is 16.5. The van der Waals surface area contributed by atoms with Crippen LogP contribution in [0.15, 0.2) is 77.8 Å². The third kappa shape index (κ3) is 6.33. The Hall–Kier alpha value is -3.84. The predicted octanol–water partition coefficient (Wildman–Crippen LogP) is 4.30. The number of hydrogen-bond acceptors (Lipinski definition) is 6. The summed E-state index contributed by atoms with van der Waals surface area (Å²) in [6.07, 6.45) is 1.78. The lowest BCUT2D eigenvalue weighted by Crippen LogP contribution is -2.36.